The number of para-hydroxylation sites is 1. The standard InChI is InChI=1S/C17H19O3P/c1-11-7-5-8-13(12(2)18)17(11)21-15-10-6-9-14(19-3)16(15)20-4/h5-10,21H,1-4H3. The number of ketones is 1. The minimum absolute atomic E-state index is 0.0862. The van der Waals surface area contributed by atoms with Crippen LogP contribution >= 0.6 is 8.58 Å². The molecule has 0 radical (unpaired) electrons. The van der Waals surface area contributed by atoms with Crippen molar-refractivity contribution in [3.05, 3.63) is 47.5 Å². The fraction of sp³-hybridized carbons (Fsp3) is 0.235. The molecule has 0 N–H and O–H groups in total. The van der Waals surface area contributed by atoms with Crippen LogP contribution in [0.5, 0.6) is 11.5 Å². The monoisotopic (exact) mass is 302 g/mol. The van der Waals surface area contributed by atoms with Gasteiger partial charge in [-0.3, -0.25) is 4.79 Å². The van der Waals surface area contributed by atoms with Gasteiger partial charge >= 0.3 is 0 Å². The molecule has 0 aliphatic heterocycles. The van der Waals surface area contributed by atoms with Crippen LogP contribution in [0.2, 0.25) is 0 Å². The average Bonchev–Trinajstić information content (AvgIpc) is 2.48. The highest BCUT2D eigenvalue weighted by molar-refractivity contribution is 7.56. The summed E-state index contributed by atoms with van der Waals surface area (Å²) in [5, 5.41) is 2.10. The number of rotatable bonds is 5. The highest BCUT2D eigenvalue weighted by atomic mass is 31.1. The molecule has 0 spiro atoms. The zero-order valence-electron chi connectivity index (χ0n) is 12.7. The third-order valence-electron chi connectivity index (χ3n) is 3.31. The molecule has 1 atom stereocenters. The molecule has 0 fully saturated rings. The summed E-state index contributed by atoms with van der Waals surface area (Å²) in [7, 11) is 3.61. The predicted octanol–water partition coefficient (Wildman–Crippen LogP) is 2.84. The quantitative estimate of drug-likeness (QED) is 0.629. The summed E-state index contributed by atoms with van der Waals surface area (Å²) in [5.41, 5.74) is 1.89. The molecule has 2 aromatic rings. The van der Waals surface area contributed by atoms with Gasteiger partial charge in [-0.05, 0) is 30.8 Å². The molecule has 21 heavy (non-hydrogen) atoms. The zero-order chi connectivity index (χ0) is 15.4. The maximum absolute atomic E-state index is 11.8. The summed E-state index contributed by atoms with van der Waals surface area (Å²) in [4.78, 5) is 11.8. The van der Waals surface area contributed by atoms with Gasteiger partial charge in [-0.1, -0.05) is 38.9 Å². The molecule has 0 saturated heterocycles. The molecule has 0 aliphatic rings. The Kier molecular flexibility index (Phi) is 4.98. The Balaban J connectivity index is 2.51. The summed E-state index contributed by atoms with van der Waals surface area (Å²) in [6.45, 7) is 3.63. The number of aryl methyl sites for hydroxylation is 1. The highest BCUT2D eigenvalue weighted by Gasteiger charge is 2.15. The lowest BCUT2D eigenvalue weighted by atomic mass is 10.1. The first kappa shape index (κ1) is 15.5. The number of hydrogen-bond acceptors (Lipinski definition) is 3. The third-order valence-corrected chi connectivity index (χ3v) is 4.89. The Labute approximate surface area is 127 Å². The van der Waals surface area contributed by atoms with E-state index < -0.39 is 0 Å². The van der Waals surface area contributed by atoms with Gasteiger partial charge in [-0.2, -0.15) is 0 Å². The molecule has 4 heteroatoms. The molecule has 0 heterocycles. The number of benzene rings is 2. The number of ether oxygens (including phenoxy) is 2. The predicted molar refractivity (Wildman–Crippen MR) is 88.3 cm³/mol. The Morgan fingerprint density at radius 2 is 1.76 bits per heavy atom. The van der Waals surface area contributed by atoms with Crippen LogP contribution in [0.1, 0.15) is 22.8 Å². The fourth-order valence-electron chi connectivity index (χ4n) is 2.25. The van der Waals surface area contributed by atoms with E-state index in [1.165, 1.54) is 0 Å². The topological polar surface area (TPSA) is 35.5 Å². The number of Topliss-reactive ketones (excluding diaryl/α,β-unsaturated/α-hetero) is 1. The SMILES string of the molecule is COc1cccc(Pc2c(C)cccc2C(C)=O)c1OC. The molecular weight excluding hydrogens is 283 g/mol. The van der Waals surface area contributed by atoms with Gasteiger partial charge in [0.25, 0.3) is 0 Å². The fourth-order valence-corrected chi connectivity index (χ4v) is 3.71. The van der Waals surface area contributed by atoms with Crippen molar-refractivity contribution in [2.24, 2.45) is 0 Å². The zero-order valence-corrected chi connectivity index (χ0v) is 13.7. The molecule has 0 bridgehead atoms. The molecule has 0 aliphatic carbocycles. The second-order valence-corrected chi connectivity index (χ2v) is 6.01. The Bertz CT molecular complexity index is 665. The van der Waals surface area contributed by atoms with Gasteiger partial charge in [0.1, 0.15) is 0 Å². The van der Waals surface area contributed by atoms with Crippen molar-refractivity contribution in [1.29, 1.82) is 0 Å². The second-order valence-electron chi connectivity index (χ2n) is 4.72. The first-order valence-corrected chi connectivity index (χ1v) is 7.67. The molecule has 2 rings (SSSR count). The average molecular weight is 302 g/mol. The molecule has 0 aromatic heterocycles. The third kappa shape index (κ3) is 3.25. The van der Waals surface area contributed by atoms with E-state index in [1.807, 2.05) is 43.3 Å². The number of hydrogen-bond donors (Lipinski definition) is 0. The van der Waals surface area contributed by atoms with Crippen molar-refractivity contribution in [3.63, 3.8) is 0 Å². The molecule has 0 saturated carbocycles. The largest absolute Gasteiger partial charge is 0.493 e. The van der Waals surface area contributed by atoms with Gasteiger partial charge in [0.2, 0.25) is 0 Å². The van der Waals surface area contributed by atoms with E-state index in [0.29, 0.717) is 14.3 Å². The van der Waals surface area contributed by atoms with Gasteiger partial charge < -0.3 is 9.47 Å². The van der Waals surface area contributed by atoms with Crippen molar-refractivity contribution in [2.45, 2.75) is 13.8 Å². The number of carbonyl (C=O) groups is 1. The lowest BCUT2D eigenvalue weighted by Gasteiger charge is -2.15. The van der Waals surface area contributed by atoms with Gasteiger partial charge in [-0.25, -0.2) is 0 Å². The van der Waals surface area contributed by atoms with Crippen LogP contribution in [0.4, 0.5) is 0 Å². The Morgan fingerprint density at radius 1 is 1.05 bits per heavy atom. The normalized spacial score (nSPS) is 10.9. The highest BCUT2D eigenvalue weighted by Crippen LogP contribution is 2.30. The van der Waals surface area contributed by atoms with Gasteiger partial charge in [0.05, 0.1) is 14.2 Å². The molecule has 110 valence electrons. The van der Waals surface area contributed by atoms with Crippen LogP contribution in [-0.4, -0.2) is 20.0 Å². The van der Waals surface area contributed by atoms with Crippen LogP contribution < -0.4 is 20.1 Å². The van der Waals surface area contributed by atoms with Crippen LogP contribution in [0.15, 0.2) is 36.4 Å². The smallest absolute Gasteiger partial charge is 0.168 e. The molecule has 1 unspecified atom stereocenters. The Morgan fingerprint density at radius 3 is 2.38 bits per heavy atom. The van der Waals surface area contributed by atoms with Crippen molar-refractivity contribution in [1.82, 2.24) is 0 Å². The van der Waals surface area contributed by atoms with Crippen molar-refractivity contribution < 1.29 is 14.3 Å². The van der Waals surface area contributed by atoms with E-state index in [-0.39, 0.29) is 5.78 Å². The minimum atomic E-state index is 0.0862. The maximum atomic E-state index is 11.8. The minimum Gasteiger partial charge on any atom is -0.493 e. The summed E-state index contributed by atoms with van der Waals surface area (Å²) < 4.78 is 10.8. The van der Waals surface area contributed by atoms with E-state index in [9.17, 15) is 4.79 Å². The lowest BCUT2D eigenvalue weighted by Crippen LogP contribution is -2.16. The molecule has 0 amide bonds. The van der Waals surface area contributed by atoms with E-state index >= 15 is 0 Å². The molecular formula is C17H19O3P. The van der Waals surface area contributed by atoms with Crippen molar-refractivity contribution in [3.8, 4) is 11.5 Å². The molecule has 2 aromatic carbocycles. The first-order chi connectivity index (χ1) is 10.1. The van der Waals surface area contributed by atoms with Gasteiger partial charge in [0, 0.05) is 10.9 Å². The summed E-state index contributed by atoms with van der Waals surface area (Å²) in [5.74, 6) is 1.53. The van der Waals surface area contributed by atoms with Crippen molar-refractivity contribution in [2.75, 3.05) is 14.2 Å². The van der Waals surface area contributed by atoms with E-state index in [0.717, 1.165) is 27.5 Å². The maximum Gasteiger partial charge on any atom is 0.168 e. The van der Waals surface area contributed by atoms with Crippen LogP contribution in [-0.2, 0) is 0 Å². The summed E-state index contributed by atoms with van der Waals surface area (Å²) in [6, 6.07) is 11.6. The van der Waals surface area contributed by atoms with Gasteiger partial charge in [0.15, 0.2) is 17.3 Å². The Hall–Kier alpha value is -1.86. The van der Waals surface area contributed by atoms with Crippen LogP contribution in [0, 0.1) is 6.92 Å². The van der Waals surface area contributed by atoms with Gasteiger partial charge in [-0.15, -0.1) is 0 Å². The van der Waals surface area contributed by atoms with Crippen LogP contribution in [0.3, 0.4) is 0 Å². The number of methoxy groups -OCH3 is 2. The van der Waals surface area contributed by atoms with Crippen LogP contribution in [0.25, 0.3) is 0 Å². The van der Waals surface area contributed by atoms with Crippen molar-refractivity contribution >= 4 is 25.0 Å². The lowest BCUT2D eigenvalue weighted by molar-refractivity contribution is 0.101. The van der Waals surface area contributed by atoms with E-state index in [2.05, 4.69) is 0 Å². The molecule has 3 nitrogen and oxygen atoms in total. The number of carbonyl (C=O) groups excluding carboxylic acids is 1. The summed E-state index contributed by atoms with van der Waals surface area (Å²) >= 11 is 0. The summed E-state index contributed by atoms with van der Waals surface area (Å²) in [6.07, 6.45) is 0. The first-order valence-electron chi connectivity index (χ1n) is 6.67. The second kappa shape index (κ2) is 6.73. The van der Waals surface area contributed by atoms with E-state index in [4.69, 9.17) is 9.47 Å². The van der Waals surface area contributed by atoms with E-state index in [1.54, 1.807) is 21.1 Å².